The number of nitrogens with one attached hydrogen (secondary N) is 1. The molecule has 1 amide bonds. The van der Waals surface area contributed by atoms with Gasteiger partial charge >= 0.3 is 6.36 Å². The van der Waals surface area contributed by atoms with Crippen LogP contribution in [0.5, 0.6) is 5.75 Å². The molecule has 132 valence electrons. The SMILES string of the molecule is O=C(NS(=O)(=O)/C=C/c1ccc(OC(F)(F)F)cc1)c1ccccc1. The number of ether oxygens (including phenoxy) is 1. The minimum atomic E-state index is -4.80. The van der Waals surface area contributed by atoms with E-state index in [9.17, 15) is 26.4 Å². The molecule has 0 atom stereocenters. The van der Waals surface area contributed by atoms with Gasteiger partial charge in [-0.2, -0.15) is 0 Å². The standard InChI is InChI=1S/C16H12F3NO4S/c17-16(18,19)24-14-8-6-12(7-9-14)10-11-25(22,23)20-15(21)13-4-2-1-3-5-13/h1-11H,(H,20,21)/b11-10+. The molecule has 0 heterocycles. The maximum Gasteiger partial charge on any atom is 0.573 e. The normalized spacial score (nSPS) is 12.1. The third kappa shape index (κ3) is 6.30. The molecule has 0 fully saturated rings. The maximum atomic E-state index is 12.1. The molecular formula is C16H12F3NO4S. The first-order valence-corrected chi connectivity index (χ1v) is 8.35. The van der Waals surface area contributed by atoms with Crippen LogP contribution in [0.1, 0.15) is 15.9 Å². The van der Waals surface area contributed by atoms with Crippen molar-refractivity contribution in [3.05, 3.63) is 71.1 Å². The van der Waals surface area contributed by atoms with Crippen LogP contribution in [-0.4, -0.2) is 20.7 Å². The van der Waals surface area contributed by atoms with Crippen LogP contribution in [0.3, 0.4) is 0 Å². The van der Waals surface area contributed by atoms with Gasteiger partial charge in [-0.1, -0.05) is 30.3 Å². The minimum Gasteiger partial charge on any atom is -0.406 e. The summed E-state index contributed by atoms with van der Waals surface area (Å²) in [6.45, 7) is 0. The van der Waals surface area contributed by atoms with Crippen molar-refractivity contribution in [1.29, 1.82) is 0 Å². The fourth-order valence-corrected chi connectivity index (χ4v) is 2.54. The van der Waals surface area contributed by atoms with Gasteiger partial charge in [0.05, 0.1) is 5.41 Å². The number of sulfonamides is 1. The number of alkyl halides is 3. The Labute approximate surface area is 141 Å². The number of hydrogen-bond acceptors (Lipinski definition) is 4. The lowest BCUT2D eigenvalue weighted by molar-refractivity contribution is -0.274. The first kappa shape index (κ1) is 18.5. The predicted octanol–water partition coefficient (Wildman–Crippen LogP) is 3.32. The van der Waals surface area contributed by atoms with Gasteiger partial charge < -0.3 is 4.74 Å². The summed E-state index contributed by atoms with van der Waals surface area (Å²) in [5, 5.41) is 0.744. The summed E-state index contributed by atoms with van der Waals surface area (Å²) in [4.78, 5) is 11.8. The summed E-state index contributed by atoms with van der Waals surface area (Å²) in [5.41, 5.74) is 0.486. The van der Waals surface area contributed by atoms with Crippen LogP contribution in [0, 0.1) is 0 Å². The lowest BCUT2D eigenvalue weighted by Gasteiger charge is -2.08. The van der Waals surface area contributed by atoms with Gasteiger partial charge in [-0.15, -0.1) is 13.2 Å². The van der Waals surface area contributed by atoms with E-state index in [0.29, 0.717) is 5.56 Å². The Bertz CT molecular complexity index is 861. The molecule has 0 aliphatic heterocycles. The van der Waals surface area contributed by atoms with E-state index in [1.54, 1.807) is 18.2 Å². The lowest BCUT2D eigenvalue weighted by atomic mass is 10.2. The quantitative estimate of drug-likeness (QED) is 0.875. The molecule has 0 bridgehead atoms. The van der Waals surface area contributed by atoms with Gasteiger partial charge in [0.2, 0.25) is 0 Å². The monoisotopic (exact) mass is 371 g/mol. The summed E-state index contributed by atoms with van der Waals surface area (Å²) in [6.07, 6.45) is -3.67. The zero-order valence-corrected chi connectivity index (χ0v) is 13.3. The number of carbonyl (C=O) groups excluding carboxylic acids is 1. The van der Waals surface area contributed by atoms with Crippen LogP contribution >= 0.6 is 0 Å². The third-order valence-electron chi connectivity index (χ3n) is 2.82. The highest BCUT2D eigenvalue weighted by molar-refractivity contribution is 7.93. The number of benzene rings is 2. The van der Waals surface area contributed by atoms with Gasteiger partial charge in [0, 0.05) is 5.56 Å². The fourth-order valence-electron chi connectivity index (χ4n) is 1.76. The van der Waals surface area contributed by atoms with Crippen LogP contribution in [0.15, 0.2) is 60.0 Å². The number of rotatable bonds is 5. The highest BCUT2D eigenvalue weighted by atomic mass is 32.2. The Morgan fingerprint density at radius 3 is 2.16 bits per heavy atom. The van der Waals surface area contributed by atoms with Crippen LogP contribution < -0.4 is 9.46 Å². The first-order chi connectivity index (χ1) is 11.6. The third-order valence-corrected chi connectivity index (χ3v) is 3.79. The molecule has 9 heteroatoms. The van der Waals surface area contributed by atoms with Crippen molar-refractivity contribution in [3.63, 3.8) is 0 Å². The number of carbonyl (C=O) groups is 1. The van der Waals surface area contributed by atoms with Gasteiger partial charge in [0.15, 0.2) is 0 Å². The van der Waals surface area contributed by atoms with Crippen molar-refractivity contribution >= 4 is 22.0 Å². The Hall–Kier alpha value is -2.81. The van der Waals surface area contributed by atoms with E-state index in [1.807, 2.05) is 4.72 Å². The van der Waals surface area contributed by atoms with Crippen molar-refractivity contribution in [2.75, 3.05) is 0 Å². The molecule has 25 heavy (non-hydrogen) atoms. The van der Waals surface area contributed by atoms with Gasteiger partial charge in [0.1, 0.15) is 5.75 Å². The summed E-state index contributed by atoms with van der Waals surface area (Å²) in [7, 11) is -4.06. The topological polar surface area (TPSA) is 72.5 Å². The second kappa shape index (κ2) is 7.39. The molecule has 0 unspecified atom stereocenters. The van der Waals surface area contributed by atoms with E-state index in [2.05, 4.69) is 4.74 Å². The van der Waals surface area contributed by atoms with E-state index in [4.69, 9.17) is 0 Å². The molecule has 5 nitrogen and oxygen atoms in total. The van der Waals surface area contributed by atoms with E-state index in [0.717, 1.165) is 23.6 Å². The zero-order valence-electron chi connectivity index (χ0n) is 12.5. The van der Waals surface area contributed by atoms with E-state index < -0.39 is 28.0 Å². The predicted molar refractivity (Wildman–Crippen MR) is 85.0 cm³/mol. The number of amides is 1. The highest BCUT2D eigenvalue weighted by Crippen LogP contribution is 2.23. The Morgan fingerprint density at radius 1 is 1.00 bits per heavy atom. The summed E-state index contributed by atoms with van der Waals surface area (Å²) >= 11 is 0. The van der Waals surface area contributed by atoms with Crippen molar-refractivity contribution in [3.8, 4) is 5.75 Å². The average molecular weight is 371 g/mol. The second-order valence-corrected chi connectivity index (χ2v) is 6.33. The Kier molecular flexibility index (Phi) is 5.48. The van der Waals surface area contributed by atoms with Gasteiger partial charge in [-0.05, 0) is 35.9 Å². The molecule has 2 rings (SSSR count). The molecular weight excluding hydrogens is 359 g/mol. The lowest BCUT2D eigenvalue weighted by Crippen LogP contribution is -2.28. The smallest absolute Gasteiger partial charge is 0.406 e. The number of halogens is 3. The van der Waals surface area contributed by atoms with E-state index in [-0.39, 0.29) is 5.56 Å². The Morgan fingerprint density at radius 2 is 1.60 bits per heavy atom. The zero-order chi connectivity index (χ0) is 18.5. The van der Waals surface area contributed by atoms with Crippen LogP contribution in [0.25, 0.3) is 6.08 Å². The minimum absolute atomic E-state index is 0.174. The molecule has 0 aromatic heterocycles. The van der Waals surface area contributed by atoms with Gasteiger partial charge in [-0.3, -0.25) is 4.79 Å². The summed E-state index contributed by atoms with van der Waals surface area (Å²) in [5.74, 6) is -1.22. The first-order valence-electron chi connectivity index (χ1n) is 6.81. The van der Waals surface area contributed by atoms with Crippen LogP contribution in [0.2, 0.25) is 0 Å². The average Bonchev–Trinajstić information content (AvgIpc) is 2.53. The highest BCUT2D eigenvalue weighted by Gasteiger charge is 2.30. The van der Waals surface area contributed by atoms with Crippen molar-refractivity contribution in [1.82, 2.24) is 4.72 Å². The molecule has 0 radical (unpaired) electrons. The largest absolute Gasteiger partial charge is 0.573 e. The van der Waals surface area contributed by atoms with Crippen LogP contribution in [0.4, 0.5) is 13.2 Å². The molecule has 2 aromatic carbocycles. The van der Waals surface area contributed by atoms with Crippen molar-refractivity contribution in [2.24, 2.45) is 0 Å². The van der Waals surface area contributed by atoms with Crippen LogP contribution in [-0.2, 0) is 10.0 Å². The second-order valence-electron chi connectivity index (χ2n) is 4.76. The van der Waals surface area contributed by atoms with Crippen molar-refractivity contribution < 1.29 is 31.1 Å². The Balaban J connectivity index is 2.03. The molecule has 0 saturated carbocycles. The summed E-state index contributed by atoms with van der Waals surface area (Å²) in [6, 6.07) is 12.3. The number of hydrogen-bond donors (Lipinski definition) is 1. The van der Waals surface area contributed by atoms with E-state index >= 15 is 0 Å². The molecule has 1 N–H and O–H groups in total. The van der Waals surface area contributed by atoms with Crippen molar-refractivity contribution in [2.45, 2.75) is 6.36 Å². The molecule has 0 aliphatic rings. The molecule has 0 aliphatic carbocycles. The molecule has 2 aromatic rings. The molecule has 0 saturated heterocycles. The molecule has 0 spiro atoms. The summed E-state index contributed by atoms with van der Waals surface area (Å²) < 4.78 is 65.4. The van der Waals surface area contributed by atoms with E-state index in [1.165, 1.54) is 24.3 Å². The van der Waals surface area contributed by atoms with Gasteiger partial charge in [-0.25, -0.2) is 13.1 Å². The maximum absolute atomic E-state index is 12.1. The fraction of sp³-hybridized carbons (Fsp3) is 0.0625. The van der Waals surface area contributed by atoms with Gasteiger partial charge in [0.25, 0.3) is 15.9 Å².